The lowest BCUT2D eigenvalue weighted by molar-refractivity contribution is 0.488. The van der Waals surface area contributed by atoms with Gasteiger partial charge in [-0.1, -0.05) is 18.2 Å². The summed E-state index contributed by atoms with van der Waals surface area (Å²) in [7, 11) is 1.77. The average molecular weight is 342 g/mol. The predicted octanol–water partition coefficient (Wildman–Crippen LogP) is 3.93. The molecule has 126 valence electrons. The van der Waals surface area contributed by atoms with Crippen molar-refractivity contribution < 1.29 is 4.42 Å². The van der Waals surface area contributed by atoms with Crippen LogP contribution in [0.1, 0.15) is 34.3 Å². The highest BCUT2D eigenvalue weighted by Gasteiger charge is 2.13. The van der Waals surface area contributed by atoms with Gasteiger partial charge in [0.25, 0.3) is 0 Å². The van der Waals surface area contributed by atoms with Crippen LogP contribution in [0.5, 0.6) is 0 Å². The molecular formula is C18H22N4OS. The molecule has 0 bridgehead atoms. The van der Waals surface area contributed by atoms with Gasteiger partial charge in [0.15, 0.2) is 5.96 Å². The van der Waals surface area contributed by atoms with Crippen molar-refractivity contribution in [2.45, 2.75) is 33.4 Å². The molecule has 0 amide bonds. The number of hydrogen-bond donors (Lipinski definition) is 2. The molecule has 2 heterocycles. The number of aliphatic imine (C=N–C) groups is 1. The summed E-state index contributed by atoms with van der Waals surface area (Å²) in [5.74, 6) is 1.64. The number of aryl methyl sites for hydroxylation is 2. The summed E-state index contributed by atoms with van der Waals surface area (Å²) < 4.78 is 5.91. The number of rotatable bonds is 4. The number of furan rings is 1. The monoisotopic (exact) mass is 342 g/mol. The summed E-state index contributed by atoms with van der Waals surface area (Å²) in [4.78, 5) is 9.98. The van der Waals surface area contributed by atoms with E-state index < -0.39 is 0 Å². The number of guanidine groups is 1. The molecule has 1 unspecified atom stereocenters. The Labute approximate surface area is 145 Å². The van der Waals surface area contributed by atoms with Crippen LogP contribution in [-0.4, -0.2) is 18.0 Å². The second-order valence-corrected chi connectivity index (χ2v) is 7.01. The van der Waals surface area contributed by atoms with Crippen molar-refractivity contribution in [3.63, 3.8) is 0 Å². The molecule has 1 atom stereocenters. The Kier molecular flexibility index (Phi) is 4.85. The van der Waals surface area contributed by atoms with Gasteiger partial charge in [-0.3, -0.25) is 4.99 Å². The van der Waals surface area contributed by atoms with Crippen LogP contribution in [0.15, 0.2) is 39.7 Å². The van der Waals surface area contributed by atoms with Gasteiger partial charge in [0, 0.05) is 17.3 Å². The lowest BCUT2D eigenvalue weighted by Crippen LogP contribution is -2.38. The standard InChI is InChI=1S/C18H22N4OS/c1-11(16-9-14-7-5-6-8-15(14)23-16)22-18(19-4)20-10-17-12(2)21-13(3)24-17/h5-9,11H,10H2,1-4H3,(H2,19,20,22). The number of nitrogens with zero attached hydrogens (tertiary/aromatic N) is 2. The fraction of sp³-hybridized carbons (Fsp3) is 0.333. The second kappa shape index (κ2) is 7.05. The SMILES string of the molecule is CN=C(NCc1sc(C)nc1C)NC(C)c1cc2ccccc2o1. The van der Waals surface area contributed by atoms with Crippen molar-refractivity contribution in [1.29, 1.82) is 0 Å². The van der Waals surface area contributed by atoms with Crippen LogP contribution < -0.4 is 10.6 Å². The van der Waals surface area contributed by atoms with E-state index in [0.717, 1.165) is 33.4 Å². The zero-order chi connectivity index (χ0) is 17.1. The van der Waals surface area contributed by atoms with Crippen LogP contribution in [0, 0.1) is 13.8 Å². The zero-order valence-electron chi connectivity index (χ0n) is 14.4. The molecule has 0 aliphatic heterocycles. The van der Waals surface area contributed by atoms with E-state index in [0.29, 0.717) is 6.54 Å². The summed E-state index contributed by atoms with van der Waals surface area (Å²) in [6.07, 6.45) is 0. The van der Waals surface area contributed by atoms with Gasteiger partial charge >= 0.3 is 0 Å². The molecule has 5 nitrogen and oxygen atoms in total. The van der Waals surface area contributed by atoms with Gasteiger partial charge in [-0.05, 0) is 32.9 Å². The molecule has 3 rings (SSSR count). The third-order valence-corrected chi connectivity index (χ3v) is 4.94. The Hall–Kier alpha value is -2.34. The van der Waals surface area contributed by atoms with Crippen LogP contribution >= 0.6 is 11.3 Å². The lowest BCUT2D eigenvalue weighted by Gasteiger charge is -2.16. The van der Waals surface area contributed by atoms with E-state index in [4.69, 9.17) is 4.42 Å². The number of para-hydroxylation sites is 1. The molecule has 0 aliphatic carbocycles. The molecule has 2 aromatic heterocycles. The maximum absolute atomic E-state index is 5.91. The Morgan fingerprint density at radius 3 is 2.79 bits per heavy atom. The second-order valence-electron chi connectivity index (χ2n) is 5.72. The van der Waals surface area contributed by atoms with Gasteiger partial charge in [0.1, 0.15) is 11.3 Å². The minimum Gasteiger partial charge on any atom is -0.459 e. The number of nitrogens with one attached hydrogen (secondary N) is 2. The predicted molar refractivity (Wildman–Crippen MR) is 99.6 cm³/mol. The highest BCUT2D eigenvalue weighted by molar-refractivity contribution is 7.11. The molecule has 0 spiro atoms. The van der Waals surface area contributed by atoms with Crippen LogP contribution in [0.4, 0.5) is 0 Å². The summed E-state index contributed by atoms with van der Waals surface area (Å²) in [5, 5.41) is 8.91. The Bertz CT molecular complexity index is 832. The van der Waals surface area contributed by atoms with Gasteiger partial charge in [0.2, 0.25) is 0 Å². The van der Waals surface area contributed by atoms with E-state index in [1.807, 2.05) is 32.0 Å². The third-order valence-electron chi connectivity index (χ3n) is 3.86. The first-order chi connectivity index (χ1) is 11.6. The number of benzene rings is 1. The third kappa shape index (κ3) is 3.59. The van der Waals surface area contributed by atoms with Crippen LogP contribution in [0.3, 0.4) is 0 Å². The van der Waals surface area contributed by atoms with Crippen molar-refractivity contribution in [1.82, 2.24) is 15.6 Å². The minimum atomic E-state index is 0.0212. The van der Waals surface area contributed by atoms with Gasteiger partial charge in [-0.2, -0.15) is 0 Å². The van der Waals surface area contributed by atoms with Crippen molar-refractivity contribution in [2.24, 2.45) is 4.99 Å². The fourth-order valence-electron chi connectivity index (χ4n) is 2.59. The minimum absolute atomic E-state index is 0.0212. The molecule has 0 aliphatic rings. The topological polar surface area (TPSA) is 62.5 Å². The highest BCUT2D eigenvalue weighted by atomic mass is 32.1. The average Bonchev–Trinajstić information content (AvgIpc) is 3.14. The summed E-state index contributed by atoms with van der Waals surface area (Å²) >= 11 is 1.71. The number of fused-ring (bicyclic) bond motifs is 1. The van der Waals surface area contributed by atoms with E-state index >= 15 is 0 Å². The lowest BCUT2D eigenvalue weighted by atomic mass is 10.2. The number of hydrogen-bond acceptors (Lipinski definition) is 4. The molecule has 0 saturated heterocycles. The first-order valence-corrected chi connectivity index (χ1v) is 8.77. The Morgan fingerprint density at radius 1 is 1.33 bits per heavy atom. The van der Waals surface area contributed by atoms with E-state index in [-0.39, 0.29) is 6.04 Å². The van der Waals surface area contributed by atoms with Crippen molar-refractivity contribution >= 4 is 28.3 Å². The van der Waals surface area contributed by atoms with Gasteiger partial charge < -0.3 is 15.1 Å². The molecule has 2 N–H and O–H groups in total. The summed E-state index contributed by atoms with van der Waals surface area (Å²) in [5.41, 5.74) is 1.98. The number of aromatic nitrogens is 1. The first-order valence-electron chi connectivity index (χ1n) is 7.95. The van der Waals surface area contributed by atoms with E-state index in [1.54, 1.807) is 18.4 Å². The largest absolute Gasteiger partial charge is 0.459 e. The van der Waals surface area contributed by atoms with Crippen LogP contribution in [0.25, 0.3) is 11.0 Å². The van der Waals surface area contributed by atoms with Gasteiger partial charge in [-0.25, -0.2) is 4.98 Å². The molecule has 3 aromatic rings. The quantitative estimate of drug-likeness (QED) is 0.557. The van der Waals surface area contributed by atoms with Gasteiger partial charge in [-0.15, -0.1) is 11.3 Å². The van der Waals surface area contributed by atoms with Gasteiger partial charge in [0.05, 0.1) is 23.3 Å². The first kappa shape index (κ1) is 16.5. The molecule has 0 saturated carbocycles. The summed E-state index contributed by atoms with van der Waals surface area (Å²) in [6.45, 7) is 6.84. The molecule has 24 heavy (non-hydrogen) atoms. The van der Waals surface area contributed by atoms with Crippen LogP contribution in [0.2, 0.25) is 0 Å². The van der Waals surface area contributed by atoms with E-state index in [9.17, 15) is 0 Å². The van der Waals surface area contributed by atoms with E-state index in [2.05, 4.69) is 39.7 Å². The smallest absolute Gasteiger partial charge is 0.191 e. The van der Waals surface area contributed by atoms with Crippen molar-refractivity contribution in [3.05, 3.63) is 51.7 Å². The number of thiazole rings is 1. The van der Waals surface area contributed by atoms with E-state index in [1.165, 1.54) is 4.88 Å². The fourth-order valence-corrected chi connectivity index (χ4v) is 3.46. The van der Waals surface area contributed by atoms with Crippen LogP contribution in [-0.2, 0) is 6.54 Å². The Morgan fingerprint density at radius 2 is 2.12 bits per heavy atom. The molecule has 6 heteroatoms. The highest BCUT2D eigenvalue weighted by Crippen LogP contribution is 2.23. The zero-order valence-corrected chi connectivity index (χ0v) is 15.2. The molecule has 0 radical (unpaired) electrons. The Balaban J connectivity index is 1.65. The normalized spacial score (nSPS) is 13.2. The molecule has 0 fully saturated rings. The molecule has 1 aromatic carbocycles. The van der Waals surface area contributed by atoms with Crippen molar-refractivity contribution in [2.75, 3.05) is 7.05 Å². The molecular weight excluding hydrogens is 320 g/mol. The maximum atomic E-state index is 5.91. The maximum Gasteiger partial charge on any atom is 0.191 e. The van der Waals surface area contributed by atoms with Crippen molar-refractivity contribution in [3.8, 4) is 0 Å². The summed E-state index contributed by atoms with van der Waals surface area (Å²) in [6, 6.07) is 10.1.